The number of nitrogens with two attached hydrogens (primary N) is 1. The molecule has 2 atom stereocenters. The van der Waals surface area contributed by atoms with E-state index in [1.165, 1.54) is 0 Å². The van der Waals surface area contributed by atoms with Crippen LogP contribution in [-0.4, -0.2) is 17.9 Å². The fourth-order valence-corrected chi connectivity index (χ4v) is 3.96. The third-order valence-corrected chi connectivity index (χ3v) is 5.54. The number of primary amides is 1. The first kappa shape index (κ1) is 21.8. The molecule has 0 saturated carbocycles. The molecule has 5 nitrogen and oxygen atoms in total. The molecule has 0 saturated heterocycles. The van der Waals surface area contributed by atoms with E-state index in [2.05, 4.69) is 11.4 Å². The number of amides is 2. The third kappa shape index (κ3) is 4.34. The standard InChI is InChI=1S/C26H25N3O2/c1-19(17-18-27)23(24(28)30)29-25(31)26(20-11-5-2-6-12-20,21-13-7-3-8-14-21)22-15-9-4-10-16-22/h2-16,19,23H,17H2,1H3,(H2,28,30)(H,29,31)/t19-,23+/m1/s1. The first-order valence-electron chi connectivity index (χ1n) is 10.2. The van der Waals surface area contributed by atoms with E-state index in [1.807, 2.05) is 91.0 Å². The molecule has 0 heterocycles. The summed E-state index contributed by atoms with van der Waals surface area (Å²) < 4.78 is 0. The van der Waals surface area contributed by atoms with E-state index in [0.29, 0.717) is 0 Å². The summed E-state index contributed by atoms with van der Waals surface area (Å²) in [4.78, 5) is 26.3. The second kappa shape index (κ2) is 9.73. The zero-order valence-electron chi connectivity index (χ0n) is 17.4. The fraction of sp³-hybridized carbons (Fsp3) is 0.192. The molecule has 156 valence electrons. The van der Waals surface area contributed by atoms with Crippen LogP contribution in [0.25, 0.3) is 0 Å². The summed E-state index contributed by atoms with van der Waals surface area (Å²) in [6.45, 7) is 1.73. The number of nitriles is 1. The van der Waals surface area contributed by atoms with Gasteiger partial charge in [-0.05, 0) is 22.6 Å². The fourth-order valence-electron chi connectivity index (χ4n) is 3.96. The van der Waals surface area contributed by atoms with Crippen molar-refractivity contribution in [1.82, 2.24) is 5.32 Å². The Morgan fingerprint density at radius 2 is 1.26 bits per heavy atom. The van der Waals surface area contributed by atoms with Crippen LogP contribution in [0.15, 0.2) is 91.0 Å². The lowest BCUT2D eigenvalue weighted by Gasteiger charge is -2.36. The van der Waals surface area contributed by atoms with E-state index >= 15 is 0 Å². The van der Waals surface area contributed by atoms with Crippen molar-refractivity contribution in [3.8, 4) is 6.07 Å². The molecule has 2 amide bonds. The van der Waals surface area contributed by atoms with E-state index in [4.69, 9.17) is 11.0 Å². The second-order valence-electron chi connectivity index (χ2n) is 7.54. The number of nitrogens with zero attached hydrogens (tertiary/aromatic N) is 1. The molecule has 0 aliphatic rings. The Morgan fingerprint density at radius 1 is 0.871 bits per heavy atom. The quantitative estimate of drug-likeness (QED) is 0.555. The molecule has 0 aromatic heterocycles. The smallest absolute Gasteiger partial charge is 0.240 e. The maximum Gasteiger partial charge on any atom is 0.240 e. The minimum Gasteiger partial charge on any atom is -0.368 e. The predicted octanol–water partition coefficient (Wildman–Crippen LogP) is 3.54. The highest BCUT2D eigenvalue weighted by molar-refractivity contribution is 5.98. The predicted molar refractivity (Wildman–Crippen MR) is 120 cm³/mol. The number of carbonyl (C=O) groups is 2. The van der Waals surface area contributed by atoms with Crippen LogP contribution in [0.1, 0.15) is 30.0 Å². The van der Waals surface area contributed by atoms with Gasteiger partial charge in [0.15, 0.2) is 0 Å². The molecule has 3 rings (SSSR count). The van der Waals surface area contributed by atoms with E-state index in [9.17, 15) is 9.59 Å². The van der Waals surface area contributed by atoms with Crippen LogP contribution in [-0.2, 0) is 15.0 Å². The summed E-state index contributed by atoms with van der Waals surface area (Å²) in [6, 6.07) is 29.5. The van der Waals surface area contributed by atoms with Gasteiger partial charge < -0.3 is 11.1 Å². The average molecular weight is 412 g/mol. The summed E-state index contributed by atoms with van der Waals surface area (Å²) in [5, 5.41) is 12.0. The lowest BCUT2D eigenvalue weighted by atomic mass is 9.68. The Labute approximate surface area is 182 Å². The van der Waals surface area contributed by atoms with Crippen molar-refractivity contribution in [3.05, 3.63) is 108 Å². The molecular formula is C26H25N3O2. The first-order valence-corrected chi connectivity index (χ1v) is 10.2. The average Bonchev–Trinajstić information content (AvgIpc) is 2.80. The van der Waals surface area contributed by atoms with Crippen LogP contribution in [0.3, 0.4) is 0 Å². The highest BCUT2D eigenvalue weighted by Gasteiger charge is 2.45. The van der Waals surface area contributed by atoms with Crippen LogP contribution in [0, 0.1) is 17.2 Å². The number of rotatable bonds is 8. The Bertz CT molecular complexity index is 963. The van der Waals surface area contributed by atoms with Gasteiger partial charge in [0, 0.05) is 6.42 Å². The van der Waals surface area contributed by atoms with Crippen LogP contribution in [0.2, 0.25) is 0 Å². The molecule has 0 spiro atoms. The van der Waals surface area contributed by atoms with Gasteiger partial charge >= 0.3 is 0 Å². The highest BCUT2D eigenvalue weighted by atomic mass is 16.2. The van der Waals surface area contributed by atoms with Gasteiger partial charge in [0.05, 0.1) is 6.07 Å². The summed E-state index contributed by atoms with van der Waals surface area (Å²) in [5.74, 6) is -1.46. The summed E-state index contributed by atoms with van der Waals surface area (Å²) in [6.07, 6.45) is 0.100. The van der Waals surface area contributed by atoms with Crippen molar-refractivity contribution < 1.29 is 9.59 Å². The summed E-state index contributed by atoms with van der Waals surface area (Å²) >= 11 is 0. The van der Waals surface area contributed by atoms with Crippen LogP contribution in [0.5, 0.6) is 0 Å². The minimum absolute atomic E-state index is 0.100. The van der Waals surface area contributed by atoms with Gasteiger partial charge in [-0.1, -0.05) is 97.9 Å². The van der Waals surface area contributed by atoms with Crippen molar-refractivity contribution >= 4 is 11.8 Å². The van der Waals surface area contributed by atoms with Gasteiger partial charge in [0.1, 0.15) is 11.5 Å². The Hall–Kier alpha value is -3.91. The third-order valence-electron chi connectivity index (χ3n) is 5.54. The van der Waals surface area contributed by atoms with Crippen LogP contribution in [0.4, 0.5) is 0 Å². The van der Waals surface area contributed by atoms with E-state index in [0.717, 1.165) is 16.7 Å². The largest absolute Gasteiger partial charge is 0.368 e. The topological polar surface area (TPSA) is 96.0 Å². The molecule has 0 fully saturated rings. The van der Waals surface area contributed by atoms with Crippen LogP contribution < -0.4 is 11.1 Å². The highest BCUT2D eigenvalue weighted by Crippen LogP contribution is 2.39. The molecule has 0 bridgehead atoms. The van der Waals surface area contributed by atoms with E-state index in [-0.39, 0.29) is 12.3 Å². The van der Waals surface area contributed by atoms with Gasteiger partial charge in [-0.2, -0.15) is 5.26 Å². The van der Waals surface area contributed by atoms with Gasteiger partial charge in [-0.15, -0.1) is 0 Å². The molecule has 3 aromatic rings. The molecule has 0 unspecified atom stereocenters. The molecule has 3 N–H and O–H groups in total. The van der Waals surface area contributed by atoms with Crippen LogP contribution >= 0.6 is 0 Å². The summed E-state index contributed by atoms with van der Waals surface area (Å²) in [7, 11) is 0. The monoisotopic (exact) mass is 411 g/mol. The van der Waals surface area contributed by atoms with Gasteiger partial charge in [-0.25, -0.2) is 0 Å². The molecule has 5 heteroatoms. The Morgan fingerprint density at radius 3 is 1.58 bits per heavy atom. The number of nitrogens with one attached hydrogen (secondary N) is 1. The maximum atomic E-state index is 14.1. The molecule has 0 aliphatic carbocycles. The first-order chi connectivity index (χ1) is 15.0. The number of benzene rings is 3. The molecule has 31 heavy (non-hydrogen) atoms. The van der Waals surface area contributed by atoms with Crippen molar-refractivity contribution in [2.45, 2.75) is 24.8 Å². The Kier molecular flexibility index (Phi) is 6.84. The zero-order chi connectivity index (χ0) is 22.3. The maximum absolute atomic E-state index is 14.1. The Balaban J connectivity index is 2.24. The normalized spacial score (nSPS) is 12.9. The molecular weight excluding hydrogens is 386 g/mol. The van der Waals surface area contributed by atoms with Gasteiger partial charge in [0.25, 0.3) is 0 Å². The van der Waals surface area contributed by atoms with E-state index < -0.39 is 23.3 Å². The number of carbonyl (C=O) groups excluding carboxylic acids is 2. The van der Waals surface area contributed by atoms with Crippen molar-refractivity contribution in [2.75, 3.05) is 0 Å². The zero-order valence-corrected chi connectivity index (χ0v) is 17.4. The lowest BCUT2D eigenvalue weighted by Crippen LogP contribution is -2.55. The molecule has 0 radical (unpaired) electrons. The van der Waals surface area contributed by atoms with Gasteiger partial charge in [-0.3, -0.25) is 9.59 Å². The second-order valence-corrected chi connectivity index (χ2v) is 7.54. The number of hydrogen-bond acceptors (Lipinski definition) is 3. The minimum atomic E-state index is -1.20. The SMILES string of the molecule is C[C@H](CC#N)[C@H](NC(=O)C(c1ccccc1)(c1ccccc1)c1ccccc1)C(N)=O. The van der Waals surface area contributed by atoms with Gasteiger partial charge in [0.2, 0.25) is 11.8 Å². The lowest BCUT2D eigenvalue weighted by molar-refractivity contribution is -0.130. The molecule has 0 aliphatic heterocycles. The summed E-state index contributed by atoms with van der Waals surface area (Å²) in [5.41, 5.74) is 6.70. The van der Waals surface area contributed by atoms with E-state index in [1.54, 1.807) is 6.92 Å². The number of hydrogen-bond donors (Lipinski definition) is 2. The molecule has 3 aromatic carbocycles. The van der Waals surface area contributed by atoms with Crippen molar-refractivity contribution in [1.29, 1.82) is 5.26 Å². The van der Waals surface area contributed by atoms with Crippen molar-refractivity contribution in [3.63, 3.8) is 0 Å². The van der Waals surface area contributed by atoms with Crippen molar-refractivity contribution in [2.24, 2.45) is 11.7 Å².